The SMILES string of the molecule is O=C1C=C2C[C@H]3CC(=O)N3C[C@@H]2C1. The molecule has 0 bridgehead atoms. The standard InChI is InChI=1S/C10H11NO2/c12-9-2-6-1-8-4-10(13)11(8)5-7(6)3-9/h2,7-8H,1,3-5H2/t7-,8-/m0/s1. The molecule has 0 aromatic heterocycles. The zero-order valence-corrected chi connectivity index (χ0v) is 7.32. The summed E-state index contributed by atoms with van der Waals surface area (Å²) in [5, 5.41) is 0. The van der Waals surface area contributed by atoms with Crippen molar-refractivity contribution in [3.63, 3.8) is 0 Å². The van der Waals surface area contributed by atoms with Crippen LogP contribution < -0.4 is 0 Å². The number of ketones is 1. The van der Waals surface area contributed by atoms with Crippen LogP contribution >= 0.6 is 0 Å². The fourth-order valence-corrected chi connectivity index (χ4v) is 2.63. The molecule has 0 spiro atoms. The third kappa shape index (κ3) is 0.900. The molecule has 1 amide bonds. The summed E-state index contributed by atoms with van der Waals surface area (Å²) in [7, 11) is 0. The fraction of sp³-hybridized carbons (Fsp3) is 0.600. The molecular weight excluding hydrogens is 166 g/mol. The van der Waals surface area contributed by atoms with E-state index in [0.717, 1.165) is 13.0 Å². The molecule has 68 valence electrons. The predicted molar refractivity (Wildman–Crippen MR) is 45.9 cm³/mol. The van der Waals surface area contributed by atoms with Gasteiger partial charge in [0.1, 0.15) is 0 Å². The number of rotatable bonds is 0. The highest BCUT2D eigenvalue weighted by Crippen LogP contribution is 2.39. The molecule has 0 unspecified atom stereocenters. The molecule has 2 atom stereocenters. The smallest absolute Gasteiger partial charge is 0.224 e. The van der Waals surface area contributed by atoms with Gasteiger partial charge in [-0.15, -0.1) is 0 Å². The average Bonchev–Trinajstić information content (AvgIpc) is 2.42. The molecule has 2 fully saturated rings. The number of amides is 1. The second-order valence-electron chi connectivity index (χ2n) is 4.19. The van der Waals surface area contributed by atoms with E-state index < -0.39 is 0 Å². The maximum atomic E-state index is 11.2. The van der Waals surface area contributed by atoms with Crippen LogP contribution in [0.4, 0.5) is 0 Å². The minimum atomic E-state index is 0.245. The normalized spacial score (nSPS) is 36.6. The molecule has 3 aliphatic rings. The van der Waals surface area contributed by atoms with E-state index in [9.17, 15) is 9.59 Å². The first-order valence-electron chi connectivity index (χ1n) is 4.77. The summed E-state index contributed by atoms with van der Waals surface area (Å²) < 4.78 is 0. The fourth-order valence-electron chi connectivity index (χ4n) is 2.63. The van der Waals surface area contributed by atoms with E-state index >= 15 is 0 Å². The largest absolute Gasteiger partial charge is 0.338 e. The van der Waals surface area contributed by atoms with E-state index in [1.54, 1.807) is 6.08 Å². The second kappa shape index (κ2) is 2.22. The average molecular weight is 177 g/mol. The Morgan fingerprint density at radius 1 is 1.23 bits per heavy atom. The van der Waals surface area contributed by atoms with Gasteiger partial charge in [-0.2, -0.15) is 0 Å². The number of fused-ring (bicyclic) bond motifs is 2. The molecule has 0 aromatic rings. The lowest BCUT2D eigenvalue weighted by atomic mass is 9.83. The van der Waals surface area contributed by atoms with Crippen LogP contribution in [-0.4, -0.2) is 29.2 Å². The Morgan fingerprint density at radius 3 is 2.85 bits per heavy atom. The Balaban J connectivity index is 1.85. The molecule has 3 nitrogen and oxygen atoms in total. The lowest BCUT2D eigenvalue weighted by Gasteiger charge is -2.46. The maximum Gasteiger partial charge on any atom is 0.224 e. The highest BCUT2D eigenvalue weighted by Gasteiger charge is 2.44. The van der Waals surface area contributed by atoms with Crippen LogP contribution in [0.3, 0.4) is 0 Å². The molecule has 0 N–H and O–H groups in total. The summed E-state index contributed by atoms with van der Waals surface area (Å²) >= 11 is 0. The summed E-state index contributed by atoms with van der Waals surface area (Å²) in [6.45, 7) is 0.793. The first-order chi connectivity index (χ1) is 6.24. The van der Waals surface area contributed by atoms with Crippen LogP contribution in [0, 0.1) is 5.92 Å². The molecule has 0 radical (unpaired) electrons. The van der Waals surface area contributed by atoms with E-state index in [1.165, 1.54) is 5.57 Å². The molecule has 13 heavy (non-hydrogen) atoms. The summed E-state index contributed by atoms with van der Waals surface area (Å²) in [6, 6.07) is 0.417. The lowest BCUT2D eigenvalue weighted by molar-refractivity contribution is -0.148. The van der Waals surface area contributed by atoms with Gasteiger partial charge in [0.25, 0.3) is 0 Å². The number of hydrogen-bond donors (Lipinski definition) is 0. The van der Waals surface area contributed by atoms with Gasteiger partial charge in [0.15, 0.2) is 5.78 Å². The van der Waals surface area contributed by atoms with Crippen molar-refractivity contribution >= 4 is 11.7 Å². The van der Waals surface area contributed by atoms with Crippen LogP contribution in [0.1, 0.15) is 19.3 Å². The summed E-state index contributed by atoms with van der Waals surface area (Å²) in [5.41, 5.74) is 1.29. The van der Waals surface area contributed by atoms with Gasteiger partial charge in [-0.1, -0.05) is 5.57 Å². The summed E-state index contributed by atoms with van der Waals surface area (Å²) in [4.78, 5) is 24.2. The topological polar surface area (TPSA) is 37.4 Å². The van der Waals surface area contributed by atoms with E-state index in [-0.39, 0.29) is 11.7 Å². The minimum Gasteiger partial charge on any atom is -0.338 e. The van der Waals surface area contributed by atoms with Gasteiger partial charge in [-0.25, -0.2) is 0 Å². The van der Waals surface area contributed by atoms with Crippen molar-refractivity contribution in [1.82, 2.24) is 4.90 Å². The Hall–Kier alpha value is -1.12. The zero-order chi connectivity index (χ0) is 9.00. The van der Waals surface area contributed by atoms with Crippen LogP contribution in [0.25, 0.3) is 0 Å². The quantitative estimate of drug-likeness (QED) is 0.505. The van der Waals surface area contributed by atoms with Crippen molar-refractivity contribution in [2.45, 2.75) is 25.3 Å². The van der Waals surface area contributed by atoms with Gasteiger partial charge in [-0.3, -0.25) is 9.59 Å². The predicted octanol–water partition coefficient (Wildman–Crippen LogP) is 0.506. The van der Waals surface area contributed by atoms with Crippen molar-refractivity contribution in [3.8, 4) is 0 Å². The van der Waals surface area contributed by atoms with Crippen LogP contribution in [0.15, 0.2) is 11.6 Å². The monoisotopic (exact) mass is 177 g/mol. The molecule has 3 rings (SSSR count). The zero-order valence-electron chi connectivity index (χ0n) is 7.32. The number of nitrogens with zero attached hydrogens (tertiary/aromatic N) is 1. The molecule has 3 heteroatoms. The first kappa shape index (κ1) is 7.30. The molecule has 0 saturated carbocycles. The first-order valence-corrected chi connectivity index (χ1v) is 4.77. The van der Waals surface area contributed by atoms with Crippen molar-refractivity contribution in [1.29, 1.82) is 0 Å². The number of β-lactam (4-membered cyclic amide) rings is 1. The number of hydrogen-bond acceptors (Lipinski definition) is 2. The summed E-state index contributed by atoms with van der Waals surface area (Å²) in [5.74, 6) is 0.867. The van der Waals surface area contributed by atoms with Gasteiger partial charge in [-0.05, 0) is 12.5 Å². The Bertz CT molecular complexity index is 332. The molecular formula is C10H11NO2. The van der Waals surface area contributed by atoms with E-state index in [0.29, 0.717) is 24.8 Å². The third-order valence-corrected chi connectivity index (χ3v) is 3.38. The molecule has 0 aromatic carbocycles. The highest BCUT2D eigenvalue weighted by atomic mass is 16.2. The van der Waals surface area contributed by atoms with E-state index in [2.05, 4.69) is 0 Å². The van der Waals surface area contributed by atoms with Crippen LogP contribution in [0.2, 0.25) is 0 Å². The third-order valence-electron chi connectivity index (χ3n) is 3.38. The van der Waals surface area contributed by atoms with Gasteiger partial charge in [0, 0.05) is 31.3 Å². The van der Waals surface area contributed by atoms with Gasteiger partial charge in [0.05, 0.1) is 0 Å². The molecule has 1 aliphatic carbocycles. The van der Waals surface area contributed by atoms with Crippen LogP contribution in [0.5, 0.6) is 0 Å². The second-order valence-corrected chi connectivity index (χ2v) is 4.19. The van der Waals surface area contributed by atoms with Crippen molar-refractivity contribution in [3.05, 3.63) is 11.6 Å². The Kier molecular flexibility index (Phi) is 1.25. The summed E-state index contributed by atoms with van der Waals surface area (Å²) in [6.07, 6.45) is 4.07. The number of carbonyl (C=O) groups excluding carboxylic acids is 2. The van der Waals surface area contributed by atoms with Gasteiger partial charge in [0.2, 0.25) is 5.91 Å². The van der Waals surface area contributed by atoms with Crippen molar-refractivity contribution in [2.75, 3.05) is 6.54 Å². The molecule has 2 saturated heterocycles. The van der Waals surface area contributed by atoms with E-state index in [1.807, 2.05) is 4.90 Å². The van der Waals surface area contributed by atoms with Crippen molar-refractivity contribution < 1.29 is 9.59 Å². The highest BCUT2D eigenvalue weighted by molar-refractivity contribution is 5.94. The maximum absolute atomic E-state index is 11.2. The lowest BCUT2D eigenvalue weighted by Crippen LogP contribution is -2.57. The Morgan fingerprint density at radius 2 is 2.08 bits per heavy atom. The number of allylic oxidation sites excluding steroid dienone is 1. The molecule has 2 heterocycles. The molecule has 2 aliphatic heterocycles. The minimum absolute atomic E-state index is 0.245. The van der Waals surface area contributed by atoms with Crippen LogP contribution in [-0.2, 0) is 9.59 Å². The Labute approximate surface area is 76.4 Å². The van der Waals surface area contributed by atoms with Gasteiger partial charge >= 0.3 is 0 Å². The number of carbonyl (C=O) groups is 2. The van der Waals surface area contributed by atoms with Crippen molar-refractivity contribution in [2.24, 2.45) is 5.92 Å². The number of piperidine rings is 1. The van der Waals surface area contributed by atoms with Gasteiger partial charge < -0.3 is 4.90 Å². The van der Waals surface area contributed by atoms with E-state index in [4.69, 9.17) is 0 Å².